The van der Waals surface area contributed by atoms with Gasteiger partial charge >= 0.3 is 0 Å². The fourth-order valence-electron chi connectivity index (χ4n) is 4.15. The van der Waals surface area contributed by atoms with Crippen molar-refractivity contribution in [3.05, 3.63) is 58.6 Å². The first-order valence-corrected chi connectivity index (χ1v) is 14.2. The number of benzene rings is 2. The van der Waals surface area contributed by atoms with E-state index in [0.717, 1.165) is 41.8 Å². The van der Waals surface area contributed by atoms with Crippen LogP contribution >= 0.6 is 15.9 Å². The maximum Gasteiger partial charge on any atom is 0.244 e. The first kappa shape index (κ1) is 27.0. The smallest absolute Gasteiger partial charge is 0.244 e. The average molecular weight is 567 g/mol. The zero-order valence-corrected chi connectivity index (χ0v) is 22.6. The third-order valence-electron chi connectivity index (χ3n) is 6.16. The average Bonchev–Trinajstić information content (AvgIpc) is 3.33. The highest BCUT2D eigenvalue weighted by Crippen LogP contribution is 2.23. The molecule has 0 bridgehead atoms. The topological polar surface area (TPSA) is 96.0 Å². The molecule has 10 heteroatoms. The van der Waals surface area contributed by atoms with E-state index in [1.807, 2.05) is 12.1 Å². The SMILES string of the molecule is COc1ccc(CN(C(=O)CN(c2cccc(Br)c2)S(C)(=O)=O)[C@@H](C)C(=O)NC2CCCC2)cc1. The van der Waals surface area contributed by atoms with Crippen LogP contribution in [0.4, 0.5) is 5.69 Å². The maximum absolute atomic E-state index is 13.6. The monoisotopic (exact) mass is 565 g/mol. The van der Waals surface area contributed by atoms with E-state index in [1.54, 1.807) is 50.4 Å². The zero-order valence-electron chi connectivity index (χ0n) is 20.2. The van der Waals surface area contributed by atoms with Crippen molar-refractivity contribution in [3.8, 4) is 5.75 Å². The first-order chi connectivity index (χ1) is 16.6. The molecule has 1 aliphatic rings. The van der Waals surface area contributed by atoms with E-state index in [-0.39, 0.29) is 18.5 Å². The molecule has 3 rings (SSSR count). The zero-order chi connectivity index (χ0) is 25.6. The van der Waals surface area contributed by atoms with Crippen LogP contribution in [0.25, 0.3) is 0 Å². The standard InChI is InChI=1S/C25H32BrN3O5S/c1-18(25(31)27-21-8-4-5-9-21)28(16-19-11-13-23(34-2)14-12-19)24(30)17-29(35(3,32)33)22-10-6-7-20(26)15-22/h6-7,10-15,18,21H,4-5,8-9,16-17H2,1-3H3,(H,27,31)/t18-/m0/s1. The van der Waals surface area contributed by atoms with Gasteiger partial charge in [0.25, 0.3) is 0 Å². The molecule has 0 spiro atoms. The van der Waals surface area contributed by atoms with Crippen molar-refractivity contribution < 1.29 is 22.7 Å². The summed E-state index contributed by atoms with van der Waals surface area (Å²) in [6.45, 7) is 1.40. The minimum atomic E-state index is -3.76. The maximum atomic E-state index is 13.6. The molecule has 1 fully saturated rings. The number of nitrogens with zero attached hydrogens (tertiary/aromatic N) is 2. The van der Waals surface area contributed by atoms with Crippen molar-refractivity contribution in [3.63, 3.8) is 0 Å². The Kier molecular flexibility index (Phi) is 9.18. The van der Waals surface area contributed by atoms with Gasteiger partial charge in [-0.15, -0.1) is 0 Å². The van der Waals surface area contributed by atoms with Gasteiger partial charge in [0.15, 0.2) is 0 Å². The number of halogens is 1. The number of amides is 2. The summed E-state index contributed by atoms with van der Waals surface area (Å²) in [7, 11) is -2.19. The Morgan fingerprint density at radius 2 is 1.80 bits per heavy atom. The summed E-state index contributed by atoms with van der Waals surface area (Å²) < 4.78 is 32.2. The molecule has 1 N–H and O–H groups in total. The van der Waals surface area contributed by atoms with Crippen LogP contribution in [0, 0.1) is 0 Å². The van der Waals surface area contributed by atoms with E-state index in [0.29, 0.717) is 15.9 Å². The summed E-state index contributed by atoms with van der Waals surface area (Å²) in [5.41, 5.74) is 1.16. The van der Waals surface area contributed by atoms with Crippen LogP contribution in [0.5, 0.6) is 5.75 Å². The van der Waals surface area contributed by atoms with E-state index in [1.165, 1.54) is 4.90 Å². The number of hydrogen-bond donors (Lipinski definition) is 1. The molecule has 0 heterocycles. The van der Waals surface area contributed by atoms with Crippen LogP contribution in [-0.2, 0) is 26.2 Å². The molecule has 1 atom stereocenters. The molecule has 190 valence electrons. The Balaban J connectivity index is 1.87. The third-order valence-corrected chi connectivity index (χ3v) is 7.79. The molecule has 2 aromatic carbocycles. The Hall–Kier alpha value is -2.59. The second kappa shape index (κ2) is 11.9. The van der Waals surface area contributed by atoms with Gasteiger partial charge in [-0.25, -0.2) is 8.42 Å². The second-order valence-corrected chi connectivity index (χ2v) is 11.6. The summed E-state index contributed by atoms with van der Waals surface area (Å²) in [5, 5.41) is 3.05. The highest BCUT2D eigenvalue weighted by molar-refractivity contribution is 9.10. The van der Waals surface area contributed by atoms with E-state index >= 15 is 0 Å². The predicted octanol–water partition coefficient (Wildman–Crippen LogP) is 3.70. The highest BCUT2D eigenvalue weighted by Gasteiger charge is 2.31. The van der Waals surface area contributed by atoms with Crippen molar-refractivity contribution in [1.29, 1.82) is 0 Å². The van der Waals surface area contributed by atoms with Crippen molar-refractivity contribution >= 4 is 43.5 Å². The molecular formula is C25H32BrN3O5S. The quantitative estimate of drug-likeness (QED) is 0.473. The lowest BCUT2D eigenvalue weighted by Gasteiger charge is -2.32. The molecule has 1 saturated carbocycles. The molecule has 35 heavy (non-hydrogen) atoms. The van der Waals surface area contributed by atoms with Gasteiger partial charge in [0.2, 0.25) is 21.8 Å². The number of anilines is 1. The van der Waals surface area contributed by atoms with E-state index in [2.05, 4.69) is 21.2 Å². The molecule has 0 unspecified atom stereocenters. The lowest BCUT2D eigenvalue weighted by molar-refractivity contribution is -0.139. The molecule has 1 aliphatic carbocycles. The molecule has 8 nitrogen and oxygen atoms in total. The largest absolute Gasteiger partial charge is 0.497 e. The Morgan fingerprint density at radius 3 is 2.37 bits per heavy atom. The molecule has 2 aromatic rings. The van der Waals surface area contributed by atoms with Gasteiger partial charge in [0, 0.05) is 17.1 Å². The minimum Gasteiger partial charge on any atom is -0.497 e. The van der Waals surface area contributed by atoms with Gasteiger partial charge in [-0.3, -0.25) is 13.9 Å². The number of carbonyl (C=O) groups is 2. The van der Waals surface area contributed by atoms with Crippen molar-refractivity contribution in [2.24, 2.45) is 0 Å². The highest BCUT2D eigenvalue weighted by atomic mass is 79.9. The van der Waals surface area contributed by atoms with Crippen molar-refractivity contribution in [2.75, 3.05) is 24.2 Å². The number of sulfonamides is 1. The number of hydrogen-bond acceptors (Lipinski definition) is 5. The molecule has 2 amide bonds. The molecule has 0 radical (unpaired) electrons. The Morgan fingerprint density at radius 1 is 1.14 bits per heavy atom. The fourth-order valence-corrected chi connectivity index (χ4v) is 5.38. The molecular weight excluding hydrogens is 534 g/mol. The van der Waals surface area contributed by atoms with Gasteiger partial charge in [0.1, 0.15) is 18.3 Å². The number of ether oxygens (including phenoxy) is 1. The number of rotatable bonds is 10. The number of methoxy groups -OCH3 is 1. The van der Waals surface area contributed by atoms with E-state index < -0.39 is 28.5 Å². The summed E-state index contributed by atoms with van der Waals surface area (Å²) in [5.74, 6) is -0.0380. The van der Waals surface area contributed by atoms with Crippen molar-refractivity contribution in [1.82, 2.24) is 10.2 Å². The lowest BCUT2D eigenvalue weighted by Crippen LogP contribution is -2.52. The third kappa shape index (κ3) is 7.44. The van der Waals surface area contributed by atoms with Crippen LogP contribution < -0.4 is 14.4 Å². The summed E-state index contributed by atoms with van der Waals surface area (Å²) in [6.07, 6.45) is 5.06. The normalized spacial score (nSPS) is 14.9. The number of nitrogens with one attached hydrogen (secondary N) is 1. The van der Waals surface area contributed by atoms with Crippen LogP contribution in [0.2, 0.25) is 0 Å². The summed E-state index contributed by atoms with van der Waals surface area (Å²) >= 11 is 3.35. The van der Waals surface area contributed by atoms with Gasteiger partial charge in [-0.05, 0) is 55.7 Å². The Labute approximate surface area is 215 Å². The number of carbonyl (C=O) groups excluding carboxylic acids is 2. The van der Waals surface area contributed by atoms with Crippen LogP contribution in [0.3, 0.4) is 0 Å². The second-order valence-electron chi connectivity index (χ2n) is 8.79. The van der Waals surface area contributed by atoms with Gasteiger partial charge in [-0.1, -0.05) is 47.0 Å². The van der Waals surface area contributed by atoms with Crippen LogP contribution in [0.15, 0.2) is 53.0 Å². The van der Waals surface area contributed by atoms with Gasteiger partial charge in [-0.2, -0.15) is 0 Å². The van der Waals surface area contributed by atoms with Crippen LogP contribution in [0.1, 0.15) is 38.2 Å². The molecule has 0 aromatic heterocycles. The molecule has 0 saturated heterocycles. The first-order valence-electron chi connectivity index (χ1n) is 11.5. The van der Waals surface area contributed by atoms with Crippen molar-refractivity contribution in [2.45, 2.75) is 51.2 Å². The van der Waals surface area contributed by atoms with E-state index in [4.69, 9.17) is 4.74 Å². The summed E-state index contributed by atoms with van der Waals surface area (Å²) in [6, 6.07) is 13.3. The van der Waals surface area contributed by atoms with E-state index in [9.17, 15) is 18.0 Å². The predicted molar refractivity (Wildman–Crippen MR) is 140 cm³/mol. The molecule has 0 aliphatic heterocycles. The minimum absolute atomic E-state index is 0.108. The van der Waals surface area contributed by atoms with Gasteiger partial charge in [0.05, 0.1) is 19.1 Å². The summed E-state index contributed by atoms with van der Waals surface area (Å²) in [4.78, 5) is 28.1. The van der Waals surface area contributed by atoms with Crippen LogP contribution in [-0.4, -0.2) is 57.1 Å². The lowest BCUT2D eigenvalue weighted by atomic mass is 10.1. The fraction of sp³-hybridized carbons (Fsp3) is 0.440. The van der Waals surface area contributed by atoms with Gasteiger partial charge < -0.3 is 15.0 Å². The Bertz CT molecular complexity index is 1130.